The molecule has 1 aromatic carbocycles. The molecular weight excluding hydrogens is 194 g/mol. The van der Waals surface area contributed by atoms with Crippen molar-refractivity contribution in [2.45, 2.75) is 31.7 Å². The lowest BCUT2D eigenvalue weighted by atomic mass is 9.95. The second-order valence-electron chi connectivity index (χ2n) is 4.76. The minimum Gasteiger partial charge on any atom is -0.378 e. The van der Waals surface area contributed by atoms with E-state index in [4.69, 9.17) is 0 Å². The molecule has 3 rings (SSSR count). The standard InChI is InChI=1S/C15H17N/c1-11-5-4-8-15(16-11)14-7-3-2-6-13(14)12-9-10-12/h2-8,12,15-16H,9-10H2,1H3. The van der Waals surface area contributed by atoms with Gasteiger partial charge >= 0.3 is 0 Å². The first-order valence-electron chi connectivity index (χ1n) is 6.05. The zero-order chi connectivity index (χ0) is 11.0. The van der Waals surface area contributed by atoms with Gasteiger partial charge in [0.1, 0.15) is 0 Å². The number of dihydropyridines is 1. The molecule has 1 aromatic rings. The summed E-state index contributed by atoms with van der Waals surface area (Å²) in [5, 5.41) is 3.53. The van der Waals surface area contributed by atoms with Crippen LogP contribution < -0.4 is 5.32 Å². The van der Waals surface area contributed by atoms with Crippen molar-refractivity contribution in [2.24, 2.45) is 0 Å². The molecule has 1 fully saturated rings. The molecule has 1 saturated carbocycles. The summed E-state index contributed by atoms with van der Waals surface area (Å²) in [7, 11) is 0. The van der Waals surface area contributed by atoms with E-state index in [0.29, 0.717) is 6.04 Å². The van der Waals surface area contributed by atoms with E-state index >= 15 is 0 Å². The molecule has 1 aliphatic carbocycles. The third kappa shape index (κ3) is 1.78. The van der Waals surface area contributed by atoms with Gasteiger partial charge in [0, 0.05) is 5.70 Å². The fraction of sp³-hybridized carbons (Fsp3) is 0.333. The first-order valence-corrected chi connectivity index (χ1v) is 6.05. The number of benzene rings is 1. The highest BCUT2D eigenvalue weighted by atomic mass is 14.9. The van der Waals surface area contributed by atoms with Crippen LogP contribution in [-0.4, -0.2) is 0 Å². The number of hydrogen-bond acceptors (Lipinski definition) is 1. The number of nitrogens with one attached hydrogen (secondary N) is 1. The highest BCUT2D eigenvalue weighted by Crippen LogP contribution is 2.43. The van der Waals surface area contributed by atoms with E-state index in [9.17, 15) is 0 Å². The maximum atomic E-state index is 3.53. The Labute approximate surface area is 96.9 Å². The molecule has 82 valence electrons. The fourth-order valence-corrected chi connectivity index (χ4v) is 2.39. The second-order valence-corrected chi connectivity index (χ2v) is 4.76. The Kier molecular flexibility index (Phi) is 2.32. The number of allylic oxidation sites excluding steroid dienone is 3. The maximum Gasteiger partial charge on any atom is 0.0700 e. The maximum absolute atomic E-state index is 3.53. The summed E-state index contributed by atoms with van der Waals surface area (Å²) in [6.07, 6.45) is 9.25. The van der Waals surface area contributed by atoms with Crippen LogP contribution >= 0.6 is 0 Å². The SMILES string of the molecule is CC1=CC=CC(c2ccccc2C2CC2)N1. The van der Waals surface area contributed by atoms with Crippen molar-refractivity contribution in [1.29, 1.82) is 0 Å². The molecule has 1 heteroatoms. The normalized spacial score (nSPS) is 23.8. The molecule has 1 aliphatic heterocycles. The highest BCUT2D eigenvalue weighted by molar-refractivity contribution is 5.39. The van der Waals surface area contributed by atoms with Gasteiger partial charge in [0.2, 0.25) is 0 Å². The van der Waals surface area contributed by atoms with E-state index in [-0.39, 0.29) is 0 Å². The lowest BCUT2D eigenvalue weighted by molar-refractivity contribution is 0.696. The quantitative estimate of drug-likeness (QED) is 0.787. The number of rotatable bonds is 2. The molecule has 2 aliphatic rings. The van der Waals surface area contributed by atoms with E-state index in [1.807, 2.05) is 0 Å². The Hall–Kier alpha value is -1.50. The van der Waals surface area contributed by atoms with Gasteiger partial charge in [-0.2, -0.15) is 0 Å². The van der Waals surface area contributed by atoms with E-state index in [1.165, 1.54) is 24.1 Å². The highest BCUT2D eigenvalue weighted by Gasteiger charge is 2.27. The summed E-state index contributed by atoms with van der Waals surface area (Å²) in [6.45, 7) is 2.12. The second kappa shape index (κ2) is 3.82. The third-order valence-corrected chi connectivity index (χ3v) is 3.38. The van der Waals surface area contributed by atoms with Gasteiger partial charge < -0.3 is 5.32 Å². The van der Waals surface area contributed by atoms with Crippen LogP contribution in [0.4, 0.5) is 0 Å². The molecule has 1 unspecified atom stereocenters. The lowest BCUT2D eigenvalue weighted by Gasteiger charge is -2.22. The van der Waals surface area contributed by atoms with Crippen LogP contribution in [0, 0.1) is 0 Å². The molecule has 0 spiro atoms. The Morgan fingerprint density at radius 2 is 1.88 bits per heavy atom. The summed E-state index contributed by atoms with van der Waals surface area (Å²) >= 11 is 0. The first kappa shape index (κ1) is 9.71. The fourth-order valence-electron chi connectivity index (χ4n) is 2.39. The molecule has 0 aromatic heterocycles. The van der Waals surface area contributed by atoms with Gasteiger partial charge in [-0.25, -0.2) is 0 Å². The summed E-state index contributed by atoms with van der Waals surface area (Å²) in [5.41, 5.74) is 4.24. The van der Waals surface area contributed by atoms with Crippen LogP contribution in [0.3, 0.4) is 0 Å². The molecular formula is C15H17N. The summed E-state index contributed by atoms with van der Waals surface area (Å²) in [6, 6.07) is 9.21. The van der Waals surface area contributed by atoms with Crippen LogP contribution in [0.2, 0.25) is 0 Å². The molecule has 1 N–H and O–H groups in total. The summed E-state index contributed by atoms with van der Waals surface area (Å²) < 4.78 is 0. The van der Waals surface area contributed by atoms with Crippen LogP contribution in [0.15, 0.2) is 48.2 Å². The van der Waals surface area contributed by atoms with Crippen molar-refractivity contribution in [2.75, 3.05) is 0 Å². The summed E-state index contributed by atoms with van der Waals surface area (Å²) in [4.78, 5) is 0. The van der Waals surface area contributed by atoms with Crippen molar-refractivity contribution in [3.63, 3.8) is 0 Å². The van der Waals surface area contributed by atoms with E-state index < -0.39 is 0 Å². The topological polar surface area (TPSA) is 12.0 Å². The van der Waals surface area contributed by atoms with Gasteiger partial charge in [-0.3, -0.25) is 0 Å². The van der Waals surface area contributed by atoms with Crippen LogP contribution in [0.25, 0.3) is 0 Å². The van der Waals surface area contributed by atoms with Crippen LogP contribution in [-0.2, 0) is 0 Å². The average molecular weight is 211 g/mol. The van der Waals surface area contributed by atoms with Gasteiger partial charge in [-0.05, 0) is 42.9 Å². The van der Waals surface area contributed by atoms with E-state index in [2.05, 4.69) is 54.7 Å². The van der Waals surface area contributed by atoms with Crippen molar-refractivity contribution < 1.29 is 0 Å². The van der Waals surface area contributed by atoms with Crippen molar-refractivity contribution in [1.82, 2.24) is 5.32 Å². The molecule has 16 heavy (non-hydrogen) atoms. The van der Waals surface area contributed by atoms with Gasteiger partial charge in [-0.1, -0.05) is 36.4 Å². The van der Waals surface area contributed by atoms with E-state index in [1.54, 1.807) is 5.56 Å². The minimum absolute atomic E-state index is 0.363. The Balaban J connectivity index is 1.94. The van der Waals surface area contributed by atoms with Gasteiger partial charge in [0.25, 0.3) is 0 Å². The molecule has 1 heterocycles. The Morgan fingerprint density at radius 3 is 2.56 bits per heavy atom. The monoisotopic (exact) mass is 211 g/mol. The van der Waals surface area contributed by atoms with Crippen LogP contribution in [0.5, 0.6) is 0 Å². The predicted molar refractivity (Wildman–Crippen MR) is 67.2 cm³/mol. The lowest BCUT2D eigenvalue weighted by Crippen LogP contribution is -2.20. The number of hydrogen-bond donors (Lipinski definition) is 1. The smallest absolute Gasteiger partial charge is 0.0700 e. The minimum atomic E-state index is 0.363. The Morgan fingerprint density at radius 1 is 1.12 bits per heavy atom. The third-order valence-electron chi connectivity index (χ3n) is 3.38. The zero-order valence-corrected chi connectivity index (χ0v) is 9.61. The first-order chi connectivity index (χ1) is 7.84. The molecule has 0 amide bonds. The van der Waals surface area contributed by atoms with Crippen LogP contribution in [0.1, 0.15) is 42.9 Å². The largest absolute Gasteiger partial charge is 0.378 e. The van der Waals surface area contributed by atoms with Gasteiger partial charge in [0.15, 0.2) is 0 Å². The zero-order valence-electron chi connectivity index (χ0n) is 9.61. The molecule has 0 radical (unpaired) electrons. The van der Waals surface area contributed by atoms with Crippen molar-refractivity contribution in [3.8, 4) is 0 Å². The molecule has 0 saturated heterocycles. The van der Waals surface area contributed by atoms with Gasteiger partial charge in [-0.15, -0.1) is 0 Å². The predicted octanol–water partition coefficient (Wildman–Crippen LogP) is 3.67. The molecule has 1 nitrogen and oxygen atoms in total. The molecule has 1 atom stereocenters. The van der Waals surface area contributed by atoms with Crippen molar-refractivity contribution >= 4 is 0 Å². The van der Waals surface area contributed by atoms with E-state index in [0.717, 1.165) is 5.92 Å². The molecule has 0 bridgehead atoms. The Bertz CT molecular complexity index is 452. The van der Waals surface area contributed by atoms with Gasteiger partial charge in [0.05, 0.1) is 6.04 Å². The average Bonchev–Trinajstić information content (AvgIpc) is 3.13. The summed E-state index contributed by atoms with van der Waals surface area (Å²) in [5.74, 6) is 0.817. The van der Waals surface area contributed by atoms with Crippen molar-refractivity contribution in [3.05, 3.63) is 59.3 Å².